The van der Waals surface area contributed by atoms with Gasteiger partial charge in [0.25, 0.3) is 0 Å². The highest BCUT2D eigenvalue weighted by Crippen LogP contribution is 2.29. The molecule has 1 aliphatic carbocycles. The predicted molar refractivity (Wildman–Crippen MR) is 75.2 cm³/mol. The molecule has 1 atom stereocenters. The van der Waals surface area contributed by atoms with E-state index in [2.05, 4.69) is 49.4 Å². The molecule has 1 aliphatic rings. The molecule has 1 unspecified atom stereocenters. The molecule has 0 bridgehead atoms. The van der Waals surface area contributed by atoms with E-state index in [9.17, 15) is 0 Å². The largest absolute Gasteiger partial charge is 0.496 e. The highest BCUT2D eigenvalue weighted by molar-refractivity contribution is 5.39. The Morgan fingerprint density at radius 2 is 2.11 bits per heavy atom. The summed E-state index contributed by atoms with van der Waals surface area (Å²) in [7, 11) is 6.00. The minimum Gasteiger partial charge on any atom is -0.496 e. The van der Waals surface area contributed by atoms with Crippen molar-refractivity contribution in [1.82, 2.24) is 10.2 Å². The summed E-state index contributed by atoms with van der Waals surface area (Å²) in [6.07, 6.45) is 2.65. The summed E-state index contributed by atoms with van der Waals surface area (Å²) in [5.74, 6) is 0.983. The molecule has 0 aliphatic heterocycles. The zero-order chi connectivity index (χ0) is 13.1. The maximum Gasteiger partial charge on any atom is 0.123 e. The Balaban J connectivity index is 2.19. The van der Waals surface area contributed by atoms with Gasteiger partial charge in [-0.05, 0) is 39.9 Å². The third-order valence-corrected chi connectivity index (χ3v) is 3.54. The van der Waals surface area contributed by atoms with Crippen LogP contribution < -0.4 is 10.1 Å². The Hall–Kier alpha value is -1.06. The fraction of sp³-hybridized carbons (Fsp3) is 0.600. The smallest absolute Gasteiger partial charge is 0.123 e. The van der Waals surface area contributed by atoms with Gasteiger partial charge in [-0.15, -0.1) is 0 Å². The molecule has 0 heterocycles. The van der Waals surface area contributed by atoms with E-state index in [1.165, 1.54) is 24.0 Å². The number of methoxy groups -OCH3 is 1. The van der Waals surface area contributed by atoms with Crippen molar-refractivity contribution >= 4 is 0 Å². The van der Waals surface area contributed by atoms with E-state index in [-0.39, 0.29) is 0 Å². The van der Waals surface area contributed by atoms with Crippen molar-refractivity contribution in [2.75, 3.05) is 27.7 Å². The second-order valence-electron chi connectivity index (χ2n) is 5.41. The Bertz CT molecular complexity index is 399. The van der Waals surface area contributed by atoms with Crippen LogP contribution in [0.3, 0.4) is 0 Å². The monoisotopic (exact) mass is 248 g/mol. The van der Waals surface area contributed by atoms with Crippen molar-refractivity contribution in [1.29, 1.82) is 0 Å². The first-order chi connectivity index (χ1) is 8.61. The highest BCUT2D eigenvalue weighted by Gasteiger charge is 2.24. The molecule has 0 saturated heterocycles. The quantitative estimate of drug-likeness (QED) is 0.836. The van der Waals surface area contributed by atoms with Crippen molar-refractivity contribution in [3.63, 3.8) is 0 Å². The lowest BCUT2D eigenvalue weighted by Crippen LogP contribution is -2.32. The van der Waals surface area contributed by atoms with E-state index >= 15 is 0 Å². The Morgan fingerprint density at radius 3 is 2.67 bits per heavy atom. The zero-order valence-corrected chi connectivity index (χ0v) is 11.9. The molecular weight excluding hydrogens is 224 g/mol. The average Bonchev–Trinajstić information content (AvgIpc) is 3.13. The Labute approximate surface area is 110 Å². The van der Waals surface area contributed by atoms with Gasteiger partial charge in [0.15, 0.2) is 0 Å². The first-order valence-electron chi connectivity index (χ1n) is 6.66. The summed E-state index contributed by atoms with van der Waals surface area (Å²) in [5.41, 5.74) is 2.56. The Morgan fingerprint density at radius 1 is 1.39 bits per heavy atom. The Kier molecular flexibility index (Phi) is 4.25. The maximum absolute atomic E-state index is 5.50. The standard InChI is InChI=1S/C15H24N2O/c1-11-5-8-15(18-4)13(9-11)14(17(2)3)10-16-12-6-7-12/h5,8-9,12,14,16H,6-7,10H2,1-4H3. The van der Waals surface area contributed by atoms with Gasteiger partial charge in [0, 0.05) is 18.2 Å². The lowest BCUT2D eigenvalue weighted by atomic mass is 10.0. The minimum absolute atomic E-state index is 0.362. The van der Waals surface area contributed by atoms with Crippen molar-refractivity contribution < 1.29 is 4.74 Å². The van der Waals surface area contributed by atoms with E-state index in [0.717, 1.165) is 18.3 Å². The van der Waals surface area contributed by atoms with Crippen molar-refractivity contribution in [3.05, 3.63) is 29.3 Å². The molecular formula is C15H24N2O. The van der Waals surface area contributed by atoms with Crippen LogP contribution in [-0.4, -0.2) is 38.7 Å². The van der Waals surface area contributed by atoms with E-state index in [1.54, 1.807) is 7.11 Å². The zero-order valence-electron chi connectivity index (χ0n) is 11.9. The summed E-state index contributed by atoms with van der Waals surface area (Å²) >= 11 is 0. The van der Waals surface area contributed by atoms with Crippen molar-refractivity contribution in [2.45, 2.75) is 31.8 Å². The molecule has 100 valence electrons. The molecule has 1 saturated carbocycles. The first kappa shape index (κ1) is 13.4. The number of hydrogen-bond donors (Lipinski definition) is 1. The molecule has 0 radical (unpaired) electrons. The summed E-state index contributed by atoms with van der Waals surface area (Å²) in [6, 6.07) is 7.50. The van der Waals surface area contributed by atoms with Crippen LogP contribution in [0.5, 0.6) is 5.75 Å². The number of ether oxygens (including phenoxy) is 1. The van der Waals surface area contributed by atoms with Gasteiger partial charge < -0.3 is 15.0 Å². The molecule has 1 aromatic carbocycles. The van der Waals surface area contributed by atoms with Crippen LogP contribution in [0.4, 0.5) is 0 Å². The summed E-state index contributed by atoms with van der Waals surface area (Å²) in [5, 5.41) is 3.61. The van der Waals surface area contributed by atoms with Crippen LogP contribution in [-0.2, 0) is 0 Å². The number of aryl methyl sites for hydroxylation is 1. The van der Waals surface area contributed by atoms with Crippen LogP contribution in [0.15, 0.2) is 18.2 Å². The van der Waals surface area contributed by atoms with Crippen LogP contribution >= 0.6 is 0 Å². The first-order valence-corrected chi connectivity index (χ1v) is 6.66. The van der Waals surface area contributed by atoms with E-state index < -0.39 is 0 Å². The number of hydrogen-bond acceptors (Lipinski definition) is 3. The van der Waals surface area contributed by atoms with E-state index in [1.807, 2.05) is 0 Å². The van der Waals surface area contributed by atoms with Crippen LogP contribution in [0, 0.1) is 6.92 Å². The van der Waals surface area contributed by atoms with Gasteiger partial charge in [-0.3, -0.25) is 0 Å². The fourth-order valence-electron chi connectivity index (χ4n) is 2.25. The van der Waals surface area contributed by atoms with Crippen LogP contribution in [0.25, 0.3) is 0 Å². The number of nitrogens with one attached hydrogen (secondary N) is 1. The predicted octanol–water partition coefficient (Wildman–Crippen LogP) is 2.36. The number of likely N-dealkylation sites (N-methyl/N-ethyl adjacent to an activating group) is 1. The maximum atomic E-state index is 5.50. The minimum atomic E-state index is 0.362. The molecule has 1 fully saturated rings. The number of rotatable bonds is 6. The highest BCUT2D eigenvalue weighted by atomic mass is 16.5. The second-order valence-corrected chi connectivity index (χ2v) is 5.41. The fourth-order valence-corrected chi connectivity index (χ4v) is 2.25. The summed E-state index contributed by atoms with van der Waals surface area (Å²) < 4.78 is 5.50. The third-order valence-electron chi connectivity index (χ3n) is 3.54. The average molecular weight is 248 g/mol. The molecule has 0 aromatic heterocycles. The second kappa shape index (κ2) is 5.72. The molecule has 18 heavy (non-hydrogen) atoms. The van der Waals surface area contributed by atoms with Gasteiger partial charge in [0.2, 0.25) is 0 Å². The molecule has 3 heteroatoms. The normalized spacial score (nSPS) is 16.9. The molecule has 1 N–H and O–H groups in total. The van der Waals surface area contributed by atoms with Gasteiger partial charge in [-0.1, -0.05) is 17.7 Å². The van der Waals surface area contributed by atoms with Crippen molar-refractivity contribution in [2.24, 2.45) is 0 Å². The van der Waals surface area contributed by atoms with Gasteiger partial charge in [-0.25, -0.2) is 0 Å². The molecule has 3 nitrogen and oxygen atoms in total. The molecule has 0 amide bonds. The number of benzene rings is 1. The van der Waals surface area contributed by atoms with E-state index in [0.29, 0.717) is 6.04 Å². The summed E-state index contributed by atoms with van der Waals surface area (Å²) in [6.45, 7) is 3.11. The molecule has 1 aromatic rings. The van der Waals surface area contributed by atoms with Crippen LogP contribution in [0.2, 0.25) is 0 Å². The third kappa shape index (κ3) is 3.24. The molecule has 2 rings (SSSR count). The van der Waals surface area contributed by atoms with Crippen molar-refractivity contribution in [3.8, 4) is 5.75 Å². The topological polar surface area (TPSA) is 24.5 Å². The molecule has 0 spiro atoms. The van der Waals surface area contributed by atoms with Gasteiger partial charge >= 0.3 is 0 Å². The van der Waals surface area contributed by atoms with Crippen LogP contribution in [0.1, 0.15) is 30.0 Å². The van der Waals surface area contributed by atoms with E-state index in [4.69, 9.17) is 4.74 Å². The SMILES string of the molecule is COc1ccc(C)cc1C(CNC1CC1)N(C)C. The van der Waals surface area contributed by atoms with Gasteiger partial charge in [0.05, 0.1) is 13.2 Å². The lowest BCUT2D eigenvalue weighted by Gasteiger charge is -2.27. The number of nitrogens with zero attached hydrogens (tertiary/aromatic N) is 1. The van der Waals surface area contributed by atoms with Gasteiger partial charge in [-0.2, -0.15) is 0 Å². The summed E-state index contributed by atoms with van der Waals surface area (Å²) in [4.78, 5) is 2.26. The lowest BCUT2D eigenvalue weighted by molar-refractivity contribution is 0.278. The van der Waals surface area contributed by atoms with Gasteiger partial charge in [0.1, 0.15) is 5.75 Å².